The molecule has 0 aromatic heterocycles. The summed E-state index contributed by atoms with van der Waals surface area (Å²) >= 11 is 0. The fraction of sp³-hybridized carbons (Fsp3) is 0.538. The molecule has 1 heterocycles. The van der Waals surface area contributed by atoms with Gasteiger partial charge in [0, 0.05) is 24.7 Å². The monoisotopic (exact) mass is 240 g/mol. The van der Waals surface area contributed by atoms with Crippen molar-refractivity contribution in [2.45, 2.75) is 25.9 Å². The van der Waals surface area contributed by atoms with Gasteiger partial charge in [0.25, 0.3) is 0 Å². The normalized spacial score (nSPS) is 26.1. The molecule has 1 fully saturated rings. The third-order valence-electron chi connectivity index (χ3n) is 3.54. The number of nitrogens with two attached hydrogens (primary N) is 1. The van der Waals surface area contributed by atoms with E-state index in [2.05, 4.69) is 6.92 Å². The zero-order chi connectivity index (χ0) is 12.4. The second-order valence-corrected chi connectivity index (χ2v) is 4.87. The molecule has 1 aromatic carbocycles. The Labute approximate surface area is 100 Å². The number of benzene rings is 1. The van der Waals surface area contributed by atoms with Crippen LogP contribution in [-0.4, -0.2) is 24.0 Å². The molecule has 0 aliphatic carbocycles. The molecule has 2 unspecified atom stereocenters. The Morgan fingerprint density at radius 1 is 1.35 bits per heavy atom. The standard InChI is InChI=1S/C13H18F2N2/c1-9-5-6-17(8-13(9)16)7-10-11(14)3-2-4-12(10)15/h2-4,9,13H,5-8,16H2,1H3. The Bertz CT molecular complexity index is 375. The molecule has 17 heavy (non-hydrogen) atoms. The predicted molar refractivity (Wildman–Crippen MR) is 63.4 cm³/mol. The summed E-state index contributed by atoms with van der Waals surface area (Å²) in [7, 11) is 0. The molecule has 0 bridgehead atoms. The SMILES string of the molecule is CC1CCN(Cc2c(F)cccc2F)CC1N. The average molecular weight is 240 g/mol. The van der Waals surface area contributed by atoms with E-state index < -0.39 is 11.6 Å². The van der Waals surface area contributed by atoms with Gasteiger partial charge in [0.2, 0.25) is 0 Å². The minimum Gasteiger partial charge on any atom is -0.326 e. The van der Waals surface area contributed by atoms with Crippen molar-refractivity contribution in [1.29, 1.82) is 0 Å². The van der Waals surface area contributed by atoms with Crippen LogP contribution in [0.2, 0.25) is 0 Å². The van der Waals surface area contributed by atoms with Crippen molar-refractivity contribution in [2.75, 3.05) is 13.1 Å². The van der Waals surface area contributed by atoms with Crippen LogP contribution in [0.4, 0.5) is 8.78 Å². The lowest BCUT2D eigenvalue weighted by atomic mass is 9.94. The van der Waals surface area contributed by atoms with E-state index >= 15 is 0 Å². The van der Waals surface area contributed by atoms with Crippen LogP contribution in [0.5, 0.6) is 0 Å². The summed E-state index contributed by atoms with van der Waals surface area (Å²) in [5.41, 5.74) is 6.12. The first kappa shape index (κ1) is 12.5. The first-order valence-corrected chi connectivity index (χ1v) is 5.98. The van der Waals surface area contributed by atoms with Gasteiger partial charge in [-0.1, -0.05) is 13.0 Å². The van der Waals surface area contributed by atoms with E-state index in [1.54, 1.807) is 0 Å². The molecule has 0 radical (unpaired) electrons. The number of hydrogen-bond acceptors (Lipinski definition) is 2. The molecule has 4 heteroatoms. The number of likely N-dealkylation sites (tertiary alicyclic amines) is 1. The molecule has 2 atom stereocenters. The average Bonchev–Trinajstić information content (AvgIpc) is 2.28. The molecule has 1 aromatic rings. The third kappa shape index (κ3) is 2.82. The lowest BCUT2D eigenvalue weighted by Crippen LogP contribution is -2.47. The van der Waals surface area contributed by atoms with Crippen LogP contribution in [0.3, 0.4) is 0 Å². The summed E-state index contributed by atoms with van der Waals surface area (Å²) < 4.78 is 27.0. The van der Waals surface area contributed by atoms with Crippen LogP contribution in [0.1, 0.15) is 18.9 Å². The lowest BCUT2D eigenvalue weighted by molar-refractivity contribution is 0.159. The van der Waals surface area contributed by atoms with Crippen LogP contribution in [-0.2, 0) is 6.54 Å². The van der Waals surface area contributed by atoms with Gasteiger partial charge in [0.05, 0.1) is 0 Å². The summed E-state index contributed by atoms with van der Waals surface area (Å²) in [6.07, 6.45) is 0.983. The van der Waals surface area contributed by atoms with E-state index in [0.717, 1.165) is 13.0 Å². The molecule has 0 spiro atoms. The Morgan fingerprint density at radius 3 is 2.59 bits per heavy atom. The summed E-state index contributed by atoms with van der Waals surface area (Å²) in [4.78, 5) is 2.02. The van der Waals surface area contributed by atoms with Gasteiger partial charge in [-0.15, -0.1) is 0 Å². The van der Waals surface area contributed by atoms with Gasteiger partial charge in [-0.3, -0.25) is 4.90 Å². The van der Waals surface area contributed by atoms with Crippen molar-refractivity contribution in [3.05, 3.63) is 35.4 Å². The first-order chi connectivity index (χ1) is 8.08. The Hall–Kier alpha value is -1.00. The smallest absolute Gasteiger partial charge is 0.130 e. The second kappa shape index (κ2) is 5.10. The van der Waals surface area contributed by atoms with E-state index in [-0.39, 0.29) is 11.6 Å². The molecule has 2 nitrogen and oxygen atoms in total. The topological polar surface area (TPSA) is 29.3 Å². The van der Waals surface area contributed by atoms with Crippen molar-refractivity contribution in [3.8, 4) is 0 Å². The third-order valence-corrected chi connectivity index (χ3v) is 3.54. The molecular weight excluding hydrogens is 222 g/mol. The van der Waals surface area contributed by atoms with Gasteiger partial charge < -0.3 is 5.73 Å². The maximum atomic E-state index is 13.5. The highest BCUT2D eigenvalue weighted by Crippen LogP contribution is 2.20. The van der Waals surface area contributed by atoms with E-state index in [0.29, 0.717) is 19.0 Å². The van der Waals surface area contributed by atoms with Crippen molar-refractivity contribution in [1.82, 2.24) is 4.90 Å². The molecule has 94 valence electrons. The summed E-state index contributed by atoms with van der Waals surface area (Å²) in [6.45, 7) is 3.97. The van der Waals surface area contributed by atoms with E-state index in [1.165, 1.54) is 18.2 Å². The number of rotatable bonds is 2. The van der Waals surface area contributed by atoms with Gasteiger partial charge in [-0.25, -0.2) is 8.78 Å². The van der Waals surface area contributed by atoms with Gasteiger partial charge >= 0.3 is 0 Å². The van der Waals surface area contributed by atoms with Gasteiger partial charge in [0.1, 0.15) is 11.6 Å². The molecule has 1 aliphatic heterocycles. The molecule has 2 rings (SSSR count). The molecule has 2 N–H and O–H groups in total. The molecule has 1 saturated heterocycles. The molecule has 0 amide bonds. The van der Waals surface area contributed by atoms with Gasteiger partial charge in [-0.2, -0.15) is 0 Å². The van der Waals surface area contributed by atoms with Crippen LogP contribution in [0, 0.1) is 17.6 Å². The highest BCUT2D eigenvalue weighted by Gasteiger charge is 2.24. The highest BCUT2D eigenvalue weighted by atomic mass is 19.1. The number of halogens is 2. The second-order valence-electron chi connectivity index (χ2n) is 4.87. The van der Waals surface area contributed by atoms with Crippen LogP contribution in [0.15, 0.2) is 18.2 Å². The lowest BCUT2D eigenvalue weighted by Gasteiger charge is -2.35. The predicted octanol–water partition coefficient (Wildman–Crippen LogP) is 2.13. The van der Waals surface area contributed by atoms with E-state index in [1.807, 2.05) is 4.90 Å². The quantitative estimate of drug-likeness (QED) is 0.858. The fourth-order valence-electron chi connectivity index (χ4n) is 2.22. The van der Waals surface area contributed by atoms with Crippen LogP contribution >= 0.6 is 0 Å². The maximum absolute atomic E-state index is 13.5. The van der Waals surface area contributed by atoms with Crippen LogP contribution < -0.4 is 5.73 Å². The highest BCUT2D eigenvalue weighted by molar-refractivity contribution is 5.19. The van der Waals surface area contributed by atoms with Crippen molar-refractivity contribution in [3.63, 3.8) is 0 Å². The summed E-state index contributed by atoms with van der Waals surface area (Å²) in [5.74, 6) is -0.467. The van der Waals surface area contributed by atoms with Crippen molar-refractivity contribution >= 4 is 0 Å². The van der Waals surface area contributed by atoms with Crippen LogP contribution in [0.25, 0.3) is 0 Å². The maximum Gasteiger partial charge on any atom is 0.130 e. The molecular formula is C13H18F2N2. The Morgan fingerprint density at radius 2 is 2.00 bits per heavy atom. The minimum atomic E-state index is -0.475. The molecule has 1 aliphatic rings. The minimum absolute atomic E-state index is 0.0959. The van der Waals surface area contributed by atoms with Crippen molar-refractivity contribution in [2.24, 2.45) is 11.7 Å². The Kier molecular flexibility index (Phi) is 3.74. The zero-order valence-corrected chi connectivity index (χ0v) is 10.00. The van der Waals surface area contributed by atoms with E-state index in [4.69, 9.17) is 5.73 Å². The van der Waals surface area contributed by atoms with Gasteiger partial charge in [0.15, 0.2) is 0 Å². The number of hydrogen-bond donors (Lipinski definition) is 1. The number of piperidine rings is 1. The Balaban J connectivity index is 2.06. The van der Waals surface area contributed by atoms with Gasteiger partial charge in [-0.05, 0) is 31.0 Å². The summed E-state index contributed by atoms with van der Waals surface area (Å²) in [5, 5.41) is 0. The molecule has 0 saturated carbocycles. The van der Waals surface area contributed by atoms with E-state index in [9.17, 15) is 8.78 Å². The van der Waals surface area contributed by atoms with Crippen molar-refractivity contribution < 1.29 is 8.78 Å². The zero-order valence-electron chi connectivity index (χ0n) is 10.00. The fourth-order valence-corrected chi connectivity index (χ4v) is 2.22. The summed E-state index contributed by atoms with van der Waals surface area (Å²) in [6, 6.07) is 4.08. The largest absolute Gasteiger partial charge is 0.326 e. The first-order valence-electron chi connectivity index (χ1n) is 5.98. The number of nitrogens with zero attached hydrogens (tertiary/aromatic N) is 1.